The van der Waals surface area contributed by atoms with E-state index in [0.29, 0.717) is 12.0 Å². The summed E-state index contributed by atoms with van der Waals surface area (Å²) in [5, 5.41) is 3.35. The van der Waals surface area contributed by atoms with Crippen molar-refractivity contribution in [3.63, 3.8) is 0 Å². The lowest BCUT2D eigenvalue weighted by molar-refractivity contribution is 0.256. The quantitative estimate of drug-likeness (QED) is 0.808. The highest BCUT2D eigenvalue weighted by Crippen LogP contribution is 2.33. The number of sulfonamides is 1. The molecule has 1 heterocycles. The highest BCUT2D eigenvalue weighted by molar-refractivity contribution is 7.90. The van der Waals surface area contributed by atoms with Gasteiger partial charge in [0, 0.05) is 19.1 Å². The largest absolute Gasteiger partial charge is 0.314 e. The molecule has 1 unspecified atom stereocenters. The van der Waals surface area contributed by atoms with Gasteiger partial charge in [-0.25, -0.2) is 12.7 Å². The first-order valence-corrected chi connectivity index (χ1v) is 8.23. The Hall–Kier alpha value is -0.130. The Morgan fingerprint density at radius 2 is 2.00 bits per heavy atom. The lowest BCUT2D eigenvalue weighted by Gasteiger charge is -2.32. The second kappa shape index (κ2) is 5.24. The number of hydrogen-bond acceptors (Lipinski definition) is 3. The zero-order valence-electron chi connectivity index (χ0n) is 10.9. The molecular formula is C12H24N2O2S. The van der Waals surface area contributed by atoms with Crippen molar-refractivity contribution < 1.29 is 8.42 Å². The van der Waals surface area contributed by atoms with Crippen LogP contribution in [0.3, 0.4) is 0 Å². The number of hydrogen-bond donors (Lipinski definition) is 1. The summed E-state index contributed by atoms with van der Waals surface area (Å²) < 4.78 is 26.0. The van der Waals surface area contributed by atoms with Crippen molar-refractivity contribution in [1.82, 2.24) is 9.62 Å². The highest BCUT2D eigenvalue weighted by atomic mass is 32.2. The van der Waals surface area contributed by atoms with E-state index in [1.165, 1.54) is 0 Å². The van der Waals surface area contributed by atoms with Crippen LogP contribution in [0.25, 0.3) is 0 Å². The molecule has 1 aliphatic heterocycles. The minimum Gasteiger partial charge on any atom is -0.314 e. The molecule has 2 aliphatic rings. The second-order valence-electron chi connectivity index (χ2n) is 5.67. The van der Waals surface area contributed by atoms with Gasteiger partial charge in [0.25, 0.3) is 0 Å². The summed E-state index contributed by atoms with van der Waals surface area (Å²) in [5.41, 5.74) is 0. The Labute approximate surface area is 105 Å². The Morgan fingerprint density at radius 1 is 1.29 bits per heavy atom. The molecule has 0 spiro atoms. The predicted molar refractivity (Wildman–Crippen MR) is 69.4 cm³/mol. The van der Waals surface area contributed by atoms with Crippen molar-refractivity contribution in [3.8, 4) is 0 Å². The van der Waals surface area contributed by atoms with E-state index in [1.54, 1.807) is 4.31 Å². The van der Waals surface area contributed by atoms with Crippen LogP contribution in [0.2, 0.25) is 0 Å². The number of piperidine rings is 1. The maximum atomic E-state index is 12.1. The van der Waals surface area contributed by atoms with Crippen LogP contribution < -0.4 is 5.32 Å². The van der Waals surface area contributed by atoms with Crippen LogP contribution in [0.5, 0.6) is 0 Å². The fraction of sp³-hybridized carbons (Fsp3) is 1.00. The SMILES string of the molecule is CC(C)NCC1CCCN(S(=O)(=O)C2CC2)C1. The maximum absolute atomic E-state index is 12.1. The molecule has 100 valence electrons. The first kappa shape index (κ1) is 13.3. The first-order chi connectivity index (χ1) is 8.00. The van der Waals surface area contributed by atoms with Crippen LogP contribution in [0.4, 0.5) is 0 Å². The van der Waals surface area contributed by atoms with E-state index >= 15 is 0 Å². The third-order valence-electron chi connectivity index (χ3n) is 3.60. The van der Waals surface area contributed by atoms with Gasteiger partial charge in [-0.15, -0.1) is 0 Å². The maximum Gasteiger partial charge on any atom is 0.216 e. The lowest BCUT2D eigenvalue weighted by Crippen LogP contribution is -2.44. The van der Waals surface area contributed by atoms with Crippen molar-refractivity contribution in [2.75, 3.05) is 19.6 Å². The van der Waals surface area contributed by atoms with Crippen LogP contribution in [0, 0.1) is 5.92 Å². The fourth-order valence-electron chi connectivity index (χ4n) is 2.40. The van der Waals surface area contributed by atoms with Crippen LogP contribution in [-0.4, -0.2) is 43.6 Å². The molecule has 0 amide bonds. The van der Waals surface area contributed by atoms with Gasteiger partial charge in [0.1, 0.15) is 0 Å². The van der Waals surface area contributed by atoms with Gasteiger partial charge < -0.3 is 5.32 Å². The molecule has 5 heteroatoms. The molecule has 1 atom stereocenters. The van der Waals surface area contributed by atoms with Crippen LogP contribution in [0.1, 0.15) is 39.5 Å². The Morgan fingerprint density at radius 3 is 2.59 bits per heavy atom. The molecule has 1 saturated carbocycles. The molecule has 0 aromatic rings. The van der Waals surface area contributed by atoms with E-state index in [-0.39, 0.29) is 5.25 Å². The van der Waals surface area contributed by atoms with Crippen molar-refractivity contribution in [1.29, 1.82) is 0 Å². The topological polar surface area (TPSA) is 49.4 Å². The Bertz CT molecular complexity index is 350. The molecule has 1 N–H and O–H groups in total. The average Bonchev–Trinajstić information content (AvgIpc) is 3.11. The monoisotopic (exact) mass is 260 g/mol. The van der Waals surface area contributed by atoms with Crippen LogP contribution >= 0.6 is 0 Å². The molecule has 0 radical (unpaired) electrons. The Balaban J connectivity index is 1.88. The zero-order valence-corrected chi connectivity index (χ0v) is 11.7. The van der Waals surface area contributed by atoms with Gasteiger partial charge in [0.2, 0.25) is 10.0 Å². The average molecular weight is 260 g/mol. The van der Waals surface area contributed by atoms with Gasteiger partial charge in [-0.3, -0.25) is 0 Å². The minimum atomic E-state index is -2.95. The minimum absolute atomic E-state index is 0.0562. The molecular weight excluding hydrogens is 236 g/mol. The summed E-state index contributed by atoms with van der Waals surface area (Å²) in [5.74, 6) is 0.486. The van der Waals surface area contributed by atoms with E-state index in [0.717, 1.165) is 45.3 Å². The van der Waals surface area contributed by atoms with Gasteiger partial charge >= 0.3 is 0 Å². The molecule has 17 heavy (non-hydrogen) atoms. The molecule has 0 aromatic heterocycles. The standard InChI is InChI=1S/C12H24N2O2S/c1-10(2)13-8-11-4-3-7-14(9-11)17(15,16)12-5-6-12/h10-13H,3-9H2,1-2H3. The van der Waals surface area contributed by atoms with Gasteiger partial charge in [-0.2, -0.15) is 0 Å². The first-order valence-electron chi connectivity index (χ1n) is 6.72. The zero-order chi connectivity index (χ0) is 12.5. The van der Waals surface area contributed by atoms with Gasteiger partial charge in [-0.05, 0) is 38.1 Å². The Kier molecular flexibility index (Phi) is 4.10. The van der Waals surface area contributed by atoms with Crippen molar-refractivity contribution >= 4 is 10.0 Å². The molecule has 2 fully saturated rings. The van der Waals surface area contributed by atoms with E-state index in [4.69, 9.17) is 0 Å². The summed E-state index contributed by atoms with van der Waals surface area (Å²) in [4.78, 5) is 0. The van der Waals surface area contributed by atoms with Gasteiger partial charge in [-0.1, -0.05) is 13.8 Å². The van der Waals surface area contributed by atoms with Crippen molar-refractivity contribution in [3.05, 3.63) is 0 Å². The highest BCUT2D eigenvalue weighted by Gasteiger charge is 2.41. The second-order valence-corrected chi connectivity index (χ2v) is 7.89. The number of rotatable bonds is 5. The smallest absolute Gasteiger partial charge is 0.216 e. The summed E-state index contributed by atoms with van der Waals surface area (Å²) >= 11 is 0. The summed E-state index contributed by atoms with van der Waals surface area (Å²) in [6.07, 6.45) is 3.90. The molecule has 2 rings (SSSR count). The molecule has 0 aromatic carbocycles. The van der Waals surface area contributed by atoms with E-state index in [1.807, 2.05) is 0 Å². The molecule has 1 aliphatic carbocycles. The van der Waals surface area contributed by atoms with E-state index < -0.39 is 10.0 Å². The fourth-order valence-corrected chi connectivity index (χ4v) is 4.36. The lowest BCUT2D eigenvalue weighted by atomic mass is 9.99. The number of nitrogens with one attached hydrogen (secondary N) is 1. The predicted octanol–water partition coefficient (Wildman–Crippen LogP) is 1.19. The van der Waals surface area contributed by atoms with Crippen LogP contribution in [-0.2, 0) is 10.0 Å². The number of nitrogens with zero attached hydrogens (tertiary/aromatic N) is 1. The third kappa shape index (κ3) is 3.42. The van der Waals surface area contributed by atoms with Crippen molar-refractivity contribution in [2.45, 2.75) is 50.8 Å². The van der Waals surface area contributed by atoms with Gasteiger partial charge in [0.15, 0.2) is 0 Å². The third-order valence-corrected chi connectivity index (χ3v) is 5.97. The summed E-state index contributed by atoms with van der Waals surface area (Å²) in [7, 11) is -2.95. The summed E-state index contributed by atoms with van der Waals surface area (Å²) in [6.45, 7) is 6.65. The van der Waals surface area contributed by atoms with Crippen LogP contribution in [0.15, 0.2) is 0 Å². The molecule has 0 bridgehead atoms. The normalized spacial score (nSPS) is 27.6. The summed E-state index contributed by atoms with van der Waals surface area (Å²) in [6, 6.07) is 0.477. The van der Waals surface area contributed by atoms with Gasteiger partial charge in [0.05, 0.1) is 5.25 Å². The molecule has 4 nitrogen and oxygen atoms in total. The van der Waals surface area contributed by atoms with E-state index in [2.05, 4.69) is 19.2 Å². The molecule has 1 saturated heterocycles. The van der Waals surface area contributed by atoms with Crippen molar-refractivity contribution in [2.24, 2.45) is 5.92 Å². The van der Waals surface area contributed by atoms with E-state index in [9.17, 15) is 8.42 Å².